The van der Waals surface area contributed by atoms with Gasteiger partial charge in [-0.05, 0) is 29.3 Å². The first kappa shape index (κ1) is 15.2. The molecule has 0 aliphatic carbocycles. The lowest BCUT2D eigenvalue weighted by atomic mass is 9.94. The van der Waals surface area contributed by atoms with Gasteiger partial charge < -0.3 is 9.84 Å². The number of ether oxygens (including phenoxy) is 1. The maximum atomic E-state index is 11.1. The van der Waals surface area contributed by atoms with Gasteiger partial charge in [-0.25, -0.2) is 0 Å². The lowest BCUT2D eigenvalue weighted by Gasteiger charge is -2.29. The topological polar surface area (TPSA) is 58.9 Å². The van der Waals surface area contributed by atoms with Crippen molar-refractivity contribution in [3.8, 4) is 11.5 Å². The number of nitrogens with zero attached hydrogens (tertiary/aromatic N) is 1. The Kier molecular flexibility index (Phi) is 4.27. The molecule has 0 radical (unpaired) electrons. The molecule has 2 aromatic carbocycles. The number of halogens is 1. The molecule has 2 atom stereocenters. The molecule has 1 aliphatic rings. The highest BCUT2D eigenvalue weighted by Crippen LogP contribution is 2.50. The monoisotopic (exact) mass is 335 g/mol. The molecule has 4 nitrogen and oxygen atoms in total. The molecule has 0 fully saturated rings. The average molecular weight is 336 g/mol. The Hall–Kier alpha value is -1.72. The zero-order chi connectivity index (χ0) is 15.7. The highest BCUT2D eigenvalue weighted by atomic mass is 35.5. The first-order chi connectivity index (χ1) is 10.7. The molecular formula is C16H14ClNO3S. The van der Waals surface area contributed by atoms with Gasteiger partial charge in [-0.1, -0.05) is 35.0 Å². The molecule has 114 valence electrons. The van der Waals surface area contributed by atoms with Crippen molar-refractivity contribution in [3.63, 3.8) is 0 Å². The van der Waals surface area contributed by atoms with Crippen LogP contribution < -0.4 is 4.74 Å². The molecule has 0 aromatic heterocycles. The van der Waals surface area contributed by atoms with E-state index >= 15 is 0 Å². The van der Waals surface area contributed by atoms with E-state index in [9.17, 15) is 10.0 Å². The number of benzene rings is 2. The number of thioether (sulfide) groups is 1. The number of rotatable bonds is 3. The van der Waals surface area contributed by atoms with E-state index < -0.39 is 0 Å². The van der Waals surface area contributed by atoms with Gasteiger partial charge in [0.15, 0.2) is 11.5 Å². The Bertz CT molecular complexity index is 723. The summed E-state index contributed by atoms with van der Waals surface area (Å²) in [4.78, 5) is 11.1. The van der Waals surface area contributed by atoms with Crippen molar-refractivity contribution in [1.29, 1.82) is 0 Å². The van der Waals surface area contributed by atoms with Crippen molar-refractivity contribution in [3.05, 3.63) is 63.0 Å². The number of nitroso groups, excluding NO2 is 1. The van der Waals surface area contributed by atoms with Crippen LogP contribution in [0.2, 0.25) is 5.02 Å². The second kappa shape index (κ2) is 6.18. The fourth-order valence-corrected chi connectivity index (χ4v) is 4.25. The molecular weight excluding hydrogens is 322 g/mol. The number of phenols is 1. The van der Waals surface area contributed by atoms with E-state index in [1.807, 2.05) is 24.3 Å². The van der Waals surface area contributed by atoms with Crippen LogP contribution in [0.15, 0.2) is 41.6 Å². The zero-order valence-electron chi connectivity index (χ0n) is 11.8. The van der Waals surface area contributed by atoms with Gasteiger partial charge in [0.05, 0.1) is 12.4 Å². The summed E-state index contributed by atoms with van der Waals surface area (Å²) in [7, 11) is 1.52. The Morgan fingerprint density at radius 3 is 2.82 bits per heavy atom. The van der Waals surface area contributed by atoms with Gasteiger partial charge in [-0.3, -0.25) is 0 Å². The van der Waals surface area contributed by atoms with Gasteiger partial charge >= 0.3 is 0 Å². The fourth-order valence-electron chi connectivity index (χ4n) is 2.70. The number of para-hydroxylation sites is 1. The van der Waals surface area contributed by atoms with E-state index in [0.29, 0.717) is 16.5 Å². The van der Waals surface area contributed by atoms with Gasteiger partial charge in [0, 0.05) is 16.3 Å². The molecule has 3 rings (SSSR count). The van der Waals surface area contributed by atoms with Crippen LogP contribution in [0.4, 0.5) is 0 Å². The maximum Gasteiger partial charge on any atom is 0.162 e. The lowest BCUT2D eigenvalue weighted by Crippen LogP contribution is -2.14. The van der Waals surface area contributed by atoms with Crippen molar-refractivity contribution in [2.75, 3.05) is 12.9 Å². The van der Waals surface area contributed by atoms with E-state index in [2.05, 4.69) is 5.18 Å². The summed E-state index contributed by atoms with van der Waals surface area (Å²) in [6.45, 7) is 0. The van der Waals surface area contributed by atoms with Crippen LogP contribution in [0.25, 0.3) is 0 Å². The fraction of sp³-hybridized carbons (Fsp3) is 0.250. The first-order valence-corrected chi connectivity index (χ1v) is 8.17. The summed E-state index contributed by atoms with van der Waals surface area (Å²) in [5.74, 6) is 1.11. The highest BCUT2D eigenvalue weighted by molar-refractivity contribution is 7.99. The zero-order valence-corrected chi connectivity index (χ0v) is 13.4. The first-order valence-electron chi connectivity index (χ1n) is 6.75. The number of phenolic OH excluding ortho intramolecular Hbond substituents is 1. The number of hydrogen-bond acceptors (Lipinski definition) is 5. The molecule has 1 heterocycles. The van der Waals surface area contributed by atoms with E-state index in [1.165, 1.54) is 7.11 Å². The molecule has 22 heavy (non-hydrogen) atoms. The molecule has 0 amide bonds. The standard InChI is InChI=1S/C16H14ClNO3S/c1-21-14-4-2-3-11(15(14)19)16-12-7-9(17)5-6-10(12)13(18-20)8-22-16/h2-7,13,16,19H,8H2,1H3. The Morgan fingerprint density at radius 2 is 2.09 bits per heavy atom. The third-order valence-electron chi connectivity index (χ3n) is 3.77. The SMILES string of the molecule is COc1cccc(C2SCC(N=O)c3ccc(Cl)cc32)c1O. The third-order valence-corrected chi connectivity index (χ3v) is 5.36. The molecule has 1 N–H and O–H groups in total. The highest BCUT2D eigenvalue weighted by Gasteiger charge is 2.31. The minimum atomic E-state index is -0.388. The molecule has 0 saturated carbocycles. The smallest absolute Gasteiger partial charge is 0.162 e. The Balaban J connectivity index is 2.14. The summed E-state index contributed by atoms with van der Waals surface area (Å²) in [5, 5.41) is 14.1. The molecule has 1 aliphatic heterocycles. The van der Waals surface area contributed by atoms with E-state index in [1.54, 1.807) is 23.9 Å². The quantitative estimate of drug-likeness (QED) is 0.826. The average Bonchev–Trinajstić information content (AvgIpc) is 2.54. The summed E-state index contributed by atoms with van der Waals surface area (Å²) in [6.07, 6.45) is 0. The number of aromatic hydroxyl groups is 1. The van der Waals surface area contributed by atoms with Gasteiger partial charge in [0.2, 0.25) is 0 Å². The predicted octanol–water partition coefficient (Wildman–Crippen LogP) is 4.70. The maximum absolute atomic E-state index is 11.1. The van der Waals surface area contributed by atoms with Crippen LogP contribution >= 0.6 is 23.4 Å². The van der Waals surface area contributed by atoms with Crippen molar-refractivity contribution >= 4 is 23.4 Å². The van der Waals surface area contributed by atoms with Crippen LogP contribution in [0.1, 0.15) is 28.0 Å². The number of fused-ring (bicyclic) bond motifs is 1. The van der Waals surface area contributed by atoms with Crippen LogP contribution in [-0.4, -0.2) is 18.0 Å². The lowest BCUT2D eigenvalue weighted by molar-refractivity contribution is 0.371. The normalized spacial score (nSPS) is 20.3. The van der Waals surface area contributed by atoms with Gasteiger partial charge in [-0.15, -0.1) is 11.8 Å². The molecule has 0 bridgehead atoms. The second-order valence-electron chi connectivity index (χ2n) is 5.01. The van der Waals surface area contributed by atoms with Crippen molar-refractivity contribution < 1.29 is 9.84 Å². The van der Waals surface area contributed by atoms with Crippen LogP contribution in [0.5, 0.6) is 11.5 Å². The summed E-state index contributed by atoms with van der Waals surface area (Å²) < 4.78 is 5.18. The van der Waals surface area contributed by atoms with E-state index in [0.717, 1.165) is 16.7 Å². The second-order valence-corrected chi connectivity index (χ2v) is 6.58. The molecule has 0 saturated heterocycles. The minimum absolute atomic E-state index is 0.109. The number of hydrogen-bond donors (Lipinski definition) is 1. The van der Waals surface area contributed by atoms with Crippen molar-refractivity contribution in [2.24, 2.45) is 5.18 Å². The largest absolute Gasteiger partial charge is 0.504 e. The molecule has 6 heteroatoms. The van der Waals surface area contributed by atoms with Gasteiger partial charge in [0.25, 0.3) is 0 Å². The Morgan fingerprint density at radius 1 is 1.27 bits per heavy atom. The van der Waals surface area contributed by atoms with Gasteiger partial charge in [0.1, 0.15) is 6.04 Å². The van der Waals surface area contributed by atoms with E-state index in [4.69, 9.17) is 16.3 Å². The minimum Gasteiger partial charge on any atom is -0.504 e. The van der Waals surface area contributed by atoms with E-state index in [-0.39, 0.29) is 17.0 Å². The molecule has 0 spiro atoms. The molecule has 2 aromatic rings. The van der Waals surface area contributed by atoms with Crippen LogP contribution in [0, 0.1) is 4.91 Å². The Labute approximate surface area is 137 Å². The van der Waals surface area contributed by atoms with Gasteiger partial charge in [-0.2, -0.15) is 4.91 Å². The van der Waals surface area contributed by atoms with Crippen molar-refractivity contribution in [2.45, 2.75) is 11.3 Å². The summed E-state index contributed by atoms with van der Waals surface area (Å²) >= 11 is 7.68. The summed E-state index contributed by atoms with van der Waals surface area (Å²) in [6, 6.07) is 10.5. The van der Waals surface area contributed by atoms with Crippen LogP contribution in [0.3, 0.4) is 0 Å². The molecule has 2 unspecified atom stereocenters. The summed E-state index contributed by atoms with van der Waals surface area (Å²) in [5.41, 5.74) is 2.53. The number of methoxy groups -OCH3 is 1. The third kappa shape index (κ3) is 2.55. The van der Waals surface area contributed by atoms with Crippen LogP contribution in [-0.2, 0) is 0 Å². The predicted molar refractivity (Wildman–Crippen MR) is 88.9 cm³/mol. The van der Waals surface area contributed by atoms with Crippen molar-refractivity contribution in [1.82, 2.24) is 0 Å².